The Balaban J connectivity index is 3.25. The summed E-state index contributed by atoms with van der Waals surface area (Å²) in [6.07, 6.45) is -4.66. The molecule has 0 saturated carbocycles. The average molecular weight is 339 g/mol. The van der Waals surface area contributed by atoms with Crippen LogP contribution in [-0.2, 0) is 21.0 Å². The number of sulfonamides is 1. The van der Waals surface area contributed by atoms with E-state index in [1.54, 1.807) is 0 Å². The average Bonchev–Trinajstić information content (AvgIpc) is 2.37. The predicted octanol–water partition coefficient (Wildman–Crippen LogP) is 2.36. The number of alkyl halides is 3. The fourth-order valence-corrected chi connectivity index (χ4v) is 3.29. The van der Waals surface area contributed by atoms with Gasteiger partial charge in [0, 0.05) is 13.6 Å². The maximum Gasteiger partial charge on any atom is 0.416 e. The van der Waals surface area contributed by atoms with E-state index in [1.807, 2.05) is 0 Å². The van der Waals surface area contributed by atoms with Gasteiger partial charge in [-0.15, -0.1) is 0 Å². The fourth-order valence-electron chi connectivity index (χ4n) is 1.78. The third kappa shape index (κ3) is 3.98. The fraction of sp³-hybridized carbons (Fsp3) is 0.462. The molecular formula is C13H16F3NO4S. The highest BCUT2D eigenvalue weighted by Gasteiger charge is 2.33. The number of hydrogen-bond acceptors (Lipinski definition) is 3. The molecule has 1 rings (SSSR count). The topological polar surface area (TPSA) is 74.7 Å². The summed E-state index contributed by atoms with van der Waals surface area (Å²) in [6.45, 7) is 2.35. The van der Waals surface area contributed by atoms with Gasteiger partial charge in [0.1, 0.15) is 0 Å². The SMILES string of the molecule is Cc1ccc(C(F)(F)F)cc1S(=O)(=O)N(C)CC(C)C(=O)O. The molecule has 1 unspecified atom stereocenters. The van der Waals surface area contributed by atoms with Gasteiger partial charge < -0.3 is 5.11 Å². The van der Waals surface area contributed by atoms with E-state index in [-0.39, 0.29) is 12.1 Å². The van der Waals surface area contributed by atoms with E-state index in [2.05, 4.69) is 0 Å². The van der Waals surface area contributed by atoms with Gasteiger partial charge >= 0.3 is 12.1 Å². The molecule has 1 aromatic rings. The molecule has 9 heteroatoms. The van der Waals surface area contributed by atoms with Gasteiger partial charge in [0.05, 0.1) is 16.4 Å². The lowest BCUT2D eigenvalue weighted by Gasteiger charge is -2.21. The first-order chi connectivity index (χ1) is 9.87. The van der Waals surface area contributed by atoms with E-state index in [4.69, 9.17) is 5.11 Å². The van der Waals surface area contributed by atoms with Gasteiger partial charge in [-0.25, -0.2) is 12.7 Å². The monoisotopic (exact) mass is 339 g/mol. The van der Waals surface area contributed by atoms with Gasteiger partial charge in [-0.05, 0) is 24.6 Å². The van der Waals surface area contributed by atoms with Crippen molar-refractivity contribution in [2.45, 2.75) is 24.9 Å². The summed E-state index contributed by atoms with van der Waals surface area (Å²) in [4.78, 5) is 10.3. The first-order valence-electron chi connectivity index (χ1n) is 6.24. The molecular weight excluding hydrogens is 323 g/mol. The van der Waals surface area contributed by atoms with E-state index in [1.165, 1.54) is 13.8 Å². The van der Waals surface area contributed by atoms with Gasteiger partial charge in [0.15, 0.2) is 0 Å². The minimum atomic E-state index is -4.66. The highest BCUT2D eigenvalue weighted by molar-refractivity contribution is 7.89. The number of rotatable bonds is 5. The molecule has 1 atom stereocenters. The Kier molecular flexibility index (Phi) is 5.24. The van der Waals surface area contributed by atoms with Crippen LogP contribution in [0, 0.1) is 12.8 Å². The molecule has 124 valence electrons. The second-order valence-corrected chi connectivity index (χ2v) is 7.02. The molecule has 0 radical (unpaired) electrons. The quantitative estimate of drug-likeness (QED) is 0.894. The van der Waals surface area contributed by atoms with Crippen LogP contribution in [0.15, 0.2) is 23.1 Å². The Labute approximate surface area is 126 Å². The summed E-state index contributed by atoms with van der Waals surface area (Å²) < 4.78 is 63.6. The van der Waals surface area contributed by atoms with Gasteiger partial charge in [0.2, 0.25) is 10.0 Å². The Hall–Kier alpha value is -1.61. The van der Waals surface area contributed by atoms with E-state index in [0.29, 0.717) is 6.07 Å². The molecule has 0 amide bonds. The van der Waals surface area contributed by atoms with Crippen molar-refractivity contribution in [3.8, 4) is 0 Å². The second-order valence-electron chi connectivity index (χ2n) is 5.00. The summed E-state index contributed by atoms with van der Waals surface area (Å²) in [7, 11) is -3.08. The maximum atomic E-state index is 12.7. The summed E-state index contributed by atoms with van der Waals surface area (Å²) in [5.74, 6) is -2.17. The smallest absolute Gasteiger partial charge is 0.416 e. The summed E-state index contributed by atoms with van der Waals surface area (Å²) >= 11 is 0. The number of carboxylic acids is 1. The Morgan fingerprint density at radius 1 is 1.36 bits per heavy atom. The molecule has 1 aromatic carbocycles. The molecule has 0 bridgehead atoms. The largest absolute Gasteiger partial charge is 0.481 e. The number of hydrogen-bond donors (Lipinski definition) is 1. The van der Waals surface area contributed by atoms with Crippen LogP contribution in [0.25, 0.3) is 0 Å². The number of nitrogens with zero attached hydrogens (tertiary/aromatic N) is 1. The molecule has 0 spiro atoms. The Morgan fingerprint density at radius 3 is 2.36 bits per heavy atom. The van der Waals surface area contributed by atoms with Crippen LogP contribution in [0.5, 0.6) is 0 Å². The van der Waals surface area contributed by atoms with Crippen LogP contribution in [0.4, 0.5) is 13.2 Å². The summed E-state index contributed by atoms with van der Waals surface area (Å²) in [5.41, 5.74) is -0.917. The minimum Gasteiger partial charge on any atom is -0.481 e. The van der Waals surface area contributed by atoms with E-state index in [9.17, 15) is 26.4 Å². The van der Waals surface area contributed by atoms with Crippen molar-refractivity contribution < 1.29 is 31.5 Å². The van der Waals surface area contributed by atoms with E-state index in [0.717, 1.165) is 23.5 Å². The zero-order valence-electron chi connectivity index (χ0n) is 12.2. The molecule has 0 aliphatic carbocycles. The van der Waals surface area contributed by atoms with Gasteiger partial charge in [-0.1, -0.05) is 13.0 Å². The predicted molar refractivity (Wildman–Crippen MR) is 72.8 cm³/mol. The molecule has 0 aromatic heterocycles. The van der Waals surface area contributed by atoms with E-state index >= 15 is 0 Å². The van der Waals surface area contributed by atoms with Crippen LogP contribution in [0.3, 0.4) is 0 Å². The molecule has 0 heterocycles. The minimum absolute atomic E-state index is 0.155. The van der Waals surface area contributed by atoms with Gasteiger partial charge in [0.25, 0.3) is 0 Å². The van der Waals surface area contributed by atoms with Crippen LogP contribution in [-0.4, -0.2) is 37.4 Å². The number of carbonyl (C=O) groups is 1. The number of aliphatic carboxylic acids is 1. The number of carboxylic acid groups (broad SMARTS) is 1. The molecule has 0 aliphatic heterocycles. The second kappa shape index (κ2) is 6.25. The van der Waals surface area contributed by atoms with Crippen LogP contribution in [0.1, 0.15) is 18.1 Å². The van der Waals surface area contributed by atoms with Crippen LogP contribution in [0.2, 0.25) is 0 Å². The highest BCUT2D eigenvalue weighted by Crippen LogP contribution is 2.32. The first-order valence-corrected chi connectivity index (χ1v) is 7.68. The number of aryl methyl sites for hydroxylation is 1. The van der Waals surface area contributed by atoms with Crippen molar-refractivity contribution in [1.29, 1.82) is 0 Å². The molecule has 0 fully saturated rings. The van der Waals surface area contributed by atoms with E-state index < -0.39 is 38.5 Å². The van der Waals surface area contributed by atoms with Crippen LogP contribution >= 0.6 is 0 Å². The standard InChI is InChI=1S/C13H16F3NO4S/c1-8-4-5-10(13(14,15)16)6-11(8)22(20,21)17(3)7-9(2)12(18)19/h4-6,9H,7H2,1-3H3,(H,18,19). The normalized spacial score (nSPS) is 14.1. The Morgan fingerprint density at radius 2 is 1.91 bits per heavy atom. The molecule has 0 saturated heterocycles. The zero-order valence-corrected chi connectivity index (χ0v) is 13.0. The lowest BCUT2D eigenvalue weighted by Crippen LogP contribution is -2.34. The third-order valence-electron chi connectivity index (χ3n) is 3.16. The summed E-state index contributed by atoms with van der Waals surface area (Å²) in [6, 6.07) is 2.44. The summed E-state index contributed by atoms with van der Waals surface area (Å²) in [5, 5.41) is 8.80. The van der Waals surface area contributed by atoms with Crippen molar-refractivity contribution >= 4 is 16.0 Å². The molecule has 0 aliphatic rings. The Bertz CT molecular complexity index is 670. The van der Waals surface area contributed by atoms with Crippen molar-refractivity contribution in [3.63, 3.8) is 0 Å². The van der Waals surface area contributed by atoms with Crippen molar-refractivity contribution in [2.75, 3.05) is 13.6 Å². The highest BCUT2D eigenvalue weighted by atomic mass is 32.2. The lowest BCUT2D eigenvalue weighted by atomic mass is 10.1. The molecule has 22 heavy (non-hydrogen) atoms. The maximum absolute atomic E-state index is 12.7. The van der Waals surface area contributed by atoms with Crippen molar-refractivity contribution in [2.24, 2.45) is 5.92 Å². The van der Waals surface area contributed by atoms with Crippen molar-refractivity contribution in [1.82, 2.24) is 4.31 Å². The first kappa shape index (κ1) is 18.4. The molecule has 1 N–H and O–H groups in total. The van der Waals surface area contributed by atoms with Crippen LogP contribution < -0.4 is 0 Å². The number of benzene rings is 1. The lowest BCUT2D eigenvalue weighted by molar-refractivity contribution is -0.141. The van der Waals surface area contributed by atoms with Gasteiger partial charge in [-0.2, -0.15) is 13.2 Å². The van der Waals surface area contributed by atoms with Gasteiger partial charge in [-0.3, -0.25) is 4.79 Å². The third-order valence-corrected chi connectivity index (χ3v) is 5.12. The number of halogens is 3. The zero-order chi connectivity index (χ0) is 17.3. The van der Waals surface area contributed by atoms with Crippen molar-refractivity contribution in [3.05, 3.63) is 29.3 Å². The molecule has 5 nitrogen and oxygen atoms in total.